The molecule has 0 unspecified atom stereocenters. The third-order valence-corrected chi connectivity index (χ3v) is 6.94. The normalized spacial score (nSPS) is 33.1. The number of amides is 2. The first kappa shape index (κ1) is 17.8. The highest BCUT2D eigenvalue weighted by Crippen LogP contribution is 2.60. The van der Waals surface area contributed by atoms with Crippen LogP contribution in [-0.2, 0) is 30.2 Å². The molecule has 2 spiro atoms. The van der Waals surface area contributed by atoms with Crippen molar-refractivity contribution in [3.63, 3.8) is 0 Å². The number of carbonyl (C=O) groups is 2. The number of carbonyl (C=O) groups excluding carboxylic acids is 2. The summed E-state index contributed by atoms with van der Waals surface area (Å²) in [6, 6.07) is 15.2. The Balaban J connectivity index is 1.80. The highest BCUT2D eigenvalue weighted by atomic mass is 17.2. The van der Waals surface area contributed by atoms with Gasteiger partial charge in [-0.25, -0.2) is 9.78 Å². The van der Waals surface area contributed by atoms with Crippen LogP contribution >= 0.6 is 0 Å². The largest absolute Gasteiger partial charge is 0.278 e. The third kappa shape index (κ3) is 1.81. The van der Waals surface area contributed by atoms with E-state index in [1.54, 1.807) is 0 Å². The average molecular weight is 399 g/mol. The number of imide groups is 1. The number of nitrogens with zero attached hydrogens (tertiary/aromatic N) is 1. The van der Waals surface area contributed by atoms with Crippen LogP contribution < -0.4 is 0 Å². The summed E-state index contributed by atoms with van der Waals surface area (Å²) in [5.74, 6) is -0.381. The molecule has 0 saturated carbocycles. The van der Waals surface area contributed by atoms with Crippen molar-refractivity contribution >= 4 is 11.8 Å². The quantitative estimate of drug-likeness (QED) is 0.416. The van der Waals surface area contributed by atoms with Gasteiger partial charge in [0.05, 0.1) is 0 Å². The van der Waals surface area contributed by atoms with Gasteiger partial charge in [0, 0.05) is 6.04 Å². The Bertz CT molecular complexity index is 1080. The molecule has 30 heavy (non-hydrogen) atoms. The molecule has 0 N–H and O–H groups in total. The zero-order chi connectivity index (χ0) is 20.7. The molecule has 7 rings (SSSR count). The molecule has 0 aromatic heterocycles. The molecule has 5 heteroatoms. The van der Waals surface area contributed by atoms with Crippen LogP contribution in [-0.4, -0.2) is 22.8 Å². The molecule has 3 aliphatic heterocycles. The minimum absolute atomic E-state index is 0.191. The van der Waals surface area contributed by atoms with E-state index in [1.807, 2.05) is 86.7 Å². The second kappa shape index (κ2) is 5.78. The lowest BCUT2D eigenvalue weighted by Gasteiger charge is -2.46. The van der Waals surface area contributed by atoms with Crippen LogP contribution in [0.4, 0.5) is 0 Å². The lowest BCUT2D eigenvalue weighted by Crippen LogP contribution is -2.53. The first-order chi connectivity index (χ1) is 14.5. The zero-order valence-corrected chi connectivity index (χ0v) is 16.7. The molecule has 4 atom stereocenters. The van der Waals surface area contributed by atoms with Crippen LogP contribution in [0.25, 0.3) is 0 Å². The molecule has 1 fully saturated rings. The second-order valence-corrected chi connectivity index (χ2v) is 8.62. The molecular formula is C25H21NO4. The van der Waals surface area contributed by atoms with Crippen LogP contribution in [0.2, 0.25) is 0 Å². The Morgan fingerprint density at radius 1 is 0.767 bits per heavy atom. The topological polar surface area (TPSA) is 55.8 Å². The third-order valence-electron chi connectivity index (χ3n) is 6.94. The van der Waals surface area contributed by atoms with Gasteiger partial charge in [-0.2, -0.15) is 0 Å². The molecule has 0 radical (unpaired) electrons. The number of likely N-dealkylation sites (tertiary alicyclic amines) is 1. The van der Waals surface area contributed by atoms with Crippen molar-refractivity contribution in [2.75, 3.05) is 0 Å². The lowest BCUT2D eigenvalue weighted by atomic mass is 9.53. The summed E-state index contributed by atoms with van der Waals surface area (Å²) >= 11 is 0. The van der Waals surface area contributed by atoms with E-state index in [4.69, 9.17) is 9.78 Å². The Hall–Kier alpha value is -3.02. The summed E-state index contributed by atoms with van der Waals surface area (Å²) in [5, 5.41) is 0. The van der Waals surface area contributed by atoms with Gasteiger partial charge >= 0.3 is 0 Å². The van der Waals surface area contributed by atoms with E-state index in [1.165, 1.54) is 4.90 Å². The number of hydrogen-bond donors (Lipinski definition) is 0. The summed E-state index contributed by atoms with van der Waals surface area (Å²) in [6.07, 6.45) is 6.57. The molecule has 2 aromatic rings. The van der Waals surface area contributed by atoms with E-state index < -0.39 is 23.0 Å². The van der Waals surface area contributed by atoms with Gasteiger partial charge in [-0.1, -0.05) is 72.8 Å². The van der Waals surface area contributed by atoms with Gasteiger partial charge in [0.2, 0.25) is 11.8 Å². The first-order valence-corrected chi connectivity index (χ1v) is 10.3. The molecule has 2 amide bonds. The number of fused-ring (bicyclic) bond motifs is 2. The van der Waals surface area contributed by atoms with Crippen LogP contribution in [0, 0.1) is 0 Å². The average Bonchev–Trinajstić information content (AvgIpc) is 2.95. The van der Waals surface area contributed by atoms with E-state index in [2.05, 4.69) is 0 Å². The van der Waals surface area contributed by atoms with Gasteiger partial charge in [-0.15, -0.1) is 0 Å². The summed E-state index contributed by atoms with van der Waals surface area (Å²) < 4.78 is 0. The SMILES string of the molecule is CC(C)N1C(=O)[C@]23C=C[C@H](OO[C@@H]4C=C[C@]2(C1=O)c1ccccc14)c1ccccc13. The minimum atomic E-state index is -1.17. The lowest BCUT2D eigenvalue weighted by molar-refractivity contribution is -0.339. The van der Waals surface area contributed by atoms with E-state index >= 15 is 0 Å². The highest BCUT2D eigenvalue weighted by Gasteiger charge is 2.71. The summed E-state index contributed by atoms with van der Waals surface area (Å²) in [6.45, 7) is 3.77. The molecule has 4 bridgehead atoms. The van der Waals surface area contributed by atoms with Gasteiger partial charge in [0.1, 0.15) is 23.0 Å². The molecule has 5 aliphatic rings. The zero-order valence-electron chi connectivity index (χ0n) is 16.7. The Labute approximate surface area is 174 Å². The maximum Gasteiger partial charge on any atom is 0.245 e. The molecule has 2 aliphatic carbocycles. The van der Waals surface area contributed by atoms with Gasteiger partial charge in [0.15, 0.2) is 0 Å². The fourth-order valence-corrected chi connectivity index (χ4v) is 5.69. The van der Waals surface area contributed by atoms with Gasteiger partial charge in [0.25, 0.3) is 0 Å². The maximum atomic E-state index is 14.1. The minimum Gasteiger partial charge on any atom is -0.278 e. The summed E-state index contributed by atoms with van der Waals surface area (Å²) in [4.78, 5) is 41.4. The molecular weight excluding hydrogens is 378 g/mol. The van der Waals surface area contributed by atoms with E-state index in [0.717, 1.165) is 22.3 Å². The molecule has 5 nitrogen and oxygen atoms in total. The highest BCUT2D eigenvalue weighted by molar-refractivity contribution is 6.19. The van der Waals surface area contributed by atoms with E-state index in [9.17, 15) is 9.59 Å². The summed E-state index contributed by atoms with van der Waals surface area (Å²) in [7, 11) is 0. The van der Waals surface area contributed by atoms with Gasteiger partial charge in [-0.3, -0.25) is 14.5 Å². The van der Waals surface area contributed by atoms with Crippen molar-refractivity contribution in [3.05, 3.63) is 95.1 Å². The van der Waals surface area contributed by atoms with Crippen LogP contribution in [0.5, 0.6) is 0 Å². The van der Waals surface area contributed by atoms with Crippen molar-refractivity contribution in [2.45, 2.75) is 42.9 Å². The number of benzene rings is 2. The first-order valence-electron chi connectivity index (χ1n) is 10.3. The number of rotatable bonds is 1. The van der Waals surface area contributed by atoms with Crippen molar-refractivity contribution < 1.29 is 19.4 Å². The van der Waals surface area contributed by atoms with Crippen molar-refractivity contribution in [1.82, 2.24) is 4.90 Å². The Morgan fingerprint density at radius 2 is 1.20 bits per heavy atom. The monoisotopic (exact) mass is 399 g/mol. The fraction of sp³-hybridized carbons (Fsp3) is 0.280. The van der Waals surface area contributed by atoms with Crippen molar-refractivity contribution in [3.8, 4) is 0 Å². The predicted octanol–water partition coefficient (Wildman–Crippen LogP) is 3.82. The van der Waals surface area contributed by atoms with Crippen molar-refractivity contribution in [1.29, 1.82) is 0 Å². The summed E-state index contributed by atoms with van der Waals surface area (Å²) in [5.41, 5.74) is 0.957. The number of hydrogen-bond acceptors (Lipinski definition) is 4. The predicted molar refractivity (Wildman–Crippen MR) is 109 cm³/mol. The van der Waals surface area contributed by atoms with Gasteiger partial charge < -0.3 is 0 Å². The smallest absolute Gasteiger partial charge is 0.245 e. The van der Waals surface area contributed by atoms with Crippen LogP contribution in [0.1, 0.15) is 48.3 Å². The molecule has 2 aromatic carbocycles. The van der Waals surface area contributed by atoms with Crippen LogP contribution in [0.3, 0.4) is 0 Å². The van der Waals surface area contributed by atoms with E-state index in [0.29, 0.717) is 0 Å². The fourth-order valence-electron chi connectivity index (χ4n) is 5.69. The van der Waals surface area contributed by atoms with E-state index in [-0.39, 0.29) is 17.9 Å². The maximum absolute atomic E-state index is 14.1. The van der Waals surface area contributed by atoms with Crippen LogP contribution in [0.15, 0.2) is 72.8 Å². The molecule has 1 saturated heterocycles. The standard InChI is InChI=1S/C25H21NO4/c1-15(2)26-22(27)24-13-11-20(16-7-3-5-9-18(16)24)29-30-21-12-14-25(24,23(26)28)19-10-6-4-8-17(19)21/h3-15,20-21H,1-2H3/t20-,21+,24-,25-/m1/s1. The Kier molecular flexibility index (Phi) is 3.43. The molecule has 3 heterocycles. The van der Waals surface area contributed by atoms with Gasteiger partial charge in [-0.05, 0) is 36.1 Å². The Morgan fingerprint density at radius 3 is 1.63 bits per heavy atom. The second-order valence-electron chi connectivity index (χ2n) is 8.62. The molecule has 150 valence electrons. The van der Waals surface area contributed by atoms with Crippen molar-refractivity contribution in [2.24, 2.45) is 0 Å².